The first-order valence-corrected chi connectivity index (χ1v) is 5.29. The molecule has 0 saturated heterocycles. The third kappa shape index (κ3) is 1.91. The largest absolute Gasteiger partial charge is 0.443 e. The molecule has 0 aliphatic carbocycles. The van der Waals surface area contributed by atoms with Crippen LogP contribution in [0, 0.1) is 0 Å². The van der Waals surface area contributed by atoms with Crippen molar-refractivity contribution in [3.05, 3.63) is 34.9 Å². The third-order valence-electron chi connectivity index (χ3n) is 2.47. The van der Waals surface area contributed by atoms with Gasteiger partial charge in [0.2, 0.25) is 0 Å². The van der Waals surface area contributed by atoms with Crippen molar-refractivity contribution in [1.82, 2.24) is 0 Å². The van der Waals surface area contributed by atoms with E-state index in [1.165, 1.54) is 24.3 Å². The number of aliphatic imine (C=N–C) groups is 1. The fourth-order valence-electron chi connectivity index (χ4n) is 1.66. The molecule has 2 rings (SSSR count). The minimum atomic E-state index is -4.81. The number of ether oxygens (including phenoxy) is 1. The number of hydrogen-bond donors (Lipinski definition) is 0. The lowest BCUT2D eigenvalue weighted by molar-refractivity contribution is -0.277. The number of carbonyl (C=O) groups excluding carboxylic acids is 1. The van der Waals surface area contributed by atoms with E-state index >= 15 is 0 Å². The quantitative estimate of drug-likeness (QED) is 0.780. The van der Waals surface area contributed by atoms with Crippen molar-refractivity contribution in [2.45, 2.75) is 18.0 Å². The van der Waals surface area contributed by atoms with Gasteiger partial charge in [0.25, 0.3) is 5.72 Å². The summed E-state index contributed by atoms with van der Waals surface area (Å²) in [7, 11) is 0. The number of halogens is 4. The van der Waals surface area contributed by atoms with E-state index in [0.29, 0.717) is 0 Å². The number of nitrogens with zero attached hydrogens (tertiary/aromatic N) is 1. The van der Waals surface area contributed by atoms with Gasteiger partial charge in [-0.3, -0.25) is 0 Å². The van der Waals surface area contributed by atoms with Crippen LogP contribution < -0.4 is 0 Å². The lowest BCUT2D eigenvalue weighted by Gasteiger charge is -2.29. The van der Waals surface area contributed by atoms with Crippen molar-refractivity contribution in [2.75, 3.05) is 0 Å². The van der Waals surface area contributed by atoms with Gasteiger partial charge in [-0.2, -0.15) is 13.2 Å². The summed E-state index contributed by atoms with van der Waals surface area (Å²) < 4.78 is 44.3. The van der Waals surface area contributed by atoms with Crippen LogP contribution in [0.5, 0.6) is 0 Å². The number of carbonyl (C=O) groups is 1. The number of benzene rings is 1. The molecule has 0 spiro atoms. The molecule has 0 aromatic heterocycles. The van der Waals surface area contributed by atoms with E-state index in [4.69, 9.17) is 16.3 Å². The van der Waals surface area contributed by atoms with Gasteiger partial charge in [-0.25, -0.2) is 4.99 Å². The number of rotatable bonds is 2. The first-order valence-electron chi connectivity index (χ1n) is 4.91. The van der Waals surface area contributed by atoms with E-state index in [-0.39, 0.29) is 16.9 Å². The predicted molar refractivity (Wildman–Crippen MR) is 58.6 cm³/mol. The highest BCUT2D eigenvalue weighted by molar-refractivity contribution is 6.31. The zero-order valence-electron chi connectivity index (χ0n) is 8.82. The second-order valence-electron chi connectivity index (χ2n) is 3.62. The third-order valence-corrected chi connectivity index (χ3v) is 2.80. The van der Waals surface area contributed by atoms with Gasteiger partial charge in [0.1, 0.15) is 0 Å². The molecule has 18 heavy (non-hydrogen) atoms. The van der Waals surface area contributed by atoms with Crippen LogP contribution in [-0.4, -0.2) is 24.8 Å². The van der Waals surface area contributed by atoms with Gasteiger partial charge < -0.3 is 9.53 Å². The summed E-state index contributed by atoms with van der Waals surface area (Å²) >= 11 is 5.75. The molecule has 1 aromatic rings. The maximum Gasteiger partial charge on any atom is 0.443 e. The van der Waals surface area contributed by atoms with E-state index in [1.54, 1.807) is 0 Å². The topological polar surface area (TPSA) is 38.7 Å². The van der Waals surface area contributed by atoms with E-state index in [0.717, 1.165) is 6.21 Å². The molecule has 2 unspecified atom stereocenters. The maximum atomic E-state index is 13.2. The van der Waals surface area contributed by atoms with Gasteiger partial charge in [-0.1, -0.05) is 29.8 Å². The molecule has 0 N–H and O–H groups in total. The smallest absolute Gasteiger partial charge is 0.326 e. The Kier molecular flexibility index (Phi) is 3.16. The Morgan fingerprint density at radius 2 is 2.06 bits per heavy atom. The Morgan fingerprint density at radius 1 is 1.39 bits per heavy atom. The number of alkyl halides is 3. The van der Waals surface area contributed by atoms with Crippen LogP contribution in [0.15, 0.2) is 29.3 Å². The highest BCUT2D eigenvalue weighted by Gasteiger charge is 2.61. The summed E-state index contributed by atoms with van der Waals surface area (Å²) in [5.41, 5.74) is -3.24. The molecule has 1 aromatic carbocycles. The highest BCUT2D eigenvalue weighted by atomic mass is 35.5. The molecule has 0 fully saturated rings. The SMILES string of the molecule is O=CC1C=NC(c2ccccc2Cl)(C(F)(F)F)O1. The van der Waals surface area contributed by atoms with E-state index in [2.05, 4.69) is 4.99 Å². The molecule has 3 nitrogen and oxygen atoms in total. The van der Waals surface area contributed by atoms with Gasteiger partial charge in [0.15, 0.2) is 12.4 Å². The summed E-state index contributed by atoms with van der Waals surface area (Å²) in [6, 6.07) is 5.35. The summed E-state index contributed by atoms with van der Waals surface area (Å²) in [5, 5.41) is -0.126. The van der Waals surface area contributed by atoms with Crippen molar-refractivity contribution >= 4 is 24.1 Å². The van der Waals surface area contributed by atoms with Crippen LogP contribution >= 0.6 is 11.6 Å². The average molecular weight is 278 g/mol. The van der Waals surface area contributed by atoms with Gasteiger partial charge in [-0.15, -0.1) is 0 Å². The van der Waals surface area contributed by atoms with Crippen LogP contribution in [0.1, 0.15) is 5.56 Å². The maximum absolute atomic E-state index is 13.2. The summed E-state index contributed by atoms with van der Waals surface area (Å²) in [6.07, 6.45) is -5.08. The zero-order chi connectivity index (χ0) is 13.4. The average Bonchev–Trinajstić information content (AvgIpc) is 2.74. The molecule has 7 heteroatoms. The fraction of sp³-hybridized carbons (Fsp3) is 0.273. The summed E-state index contributed by atoms with van der Waals surface area (Å²) in [4.78, 5) is 13.9. The molecule has 0 amide bonds. The fourth-order valence-corrected chi connectivity index (χ4v) is 1.92. The first kappa shape index (κ1) is 13.0. The van der Waals surface area contributed by atoms with E-state index in [9.17, 15) is 18.0 Å². The van der Waals surface area contributed by atoms with Crippen molar-refractivity contribution in [3.8, 4) is 0 Å². The van der Waals surface area contributed by atoms with Crippen LogP contribution in [-0.2, 0) is 15.3 Å². The predicted octanol–water partition coefficient (Wildman–Crippen LogP) is 2.72. The van der Waals surface area contributed by atoms with Crippen molar-refractivity contribution in [2.24, 2.45) is 4.99 Å². The van der Waals surface area contributed by atoms with Crippen LogP contribution in [0.4, 0.5) is 13.2 Å². The molecule has 0 bridgehead atoms. The Morgan fingerprint density at radius 3 is 2.56 bits per heavy atom. The van der Waals surface area contributed by atoms with Crippen molar-refractivity contribution in [3.63, 3.8) is 0 Å². The number of hydrogen-bond acceptors (Lipinski definition) is 3. The van der Waals surface area contributed by atoms with Gasteiger partial charge in [-0.05, 0) is 6.07 Å². The van der Waals surface area contributed by atoms with Gasteiger partial charge >= 0.3 is 6.18 Å². The first-order chi connectivity index (χ1) is 8.40. The second-order valence-corrected chi connectivity index (χ2v) is 4.03. The Hall–Kier alpha value is -1.40. The Balaban J connectivity index is 2.56. The van der Waals surface area contributed by atoms with E-state index in [1.807, 2.05) is 0 Å². The van der Waals surface area contributed by atoms with Gasteiger partial charge in [0.05, 0.1) is 0 Å². The molecule has 1 heterocycles. The van der Waals surface area contributed by atoms with Crippen LogP contribution in [0.3, 0.4) is 0 Å². The lowest BCUT2D eigenvalue weighted by Crippen LogP contribution is -2.42. The Labute approximate surface area is 105 Å². The molecule has 96 valence electrons. The van der Waals surface area contributed by atoms with Crippen molar-refractivity contribution < 1.29 is 22.7 Å². The standard InChI is InChI=1S/C11H7ClF3NO2/c12-9-4-2-1-3-8(9)10(11(13,14)15)16-5-7(6-17)18-10/h1-7H. The lowest BCUT2D eigenvalue weighted by atomic mass is 10.0. The normalized spacial score (nSPS) is 27.4. The molecule has 1 aliphatic rings. The van der Waals surface area contributed by atoms with Crippen LogP contribution in [0.2, 0.25) is 5.02 Å². The Bertz CT molecular complexity index is 503. The highest BCUT2D eigenvalue weighted by Crippen LogP contribution is 2.48. The molecular weight excluding hydrogens is 271 g/mol. The second kappa shape index (κ2) is 4.37. The molecule has 0 saturated carbocycles. The molecule has 2 atom stereocenters. The monoisotopic (exact) mass is 277 g/mol. The summed E-state index contributed by atoms with van der Waals surface area (Å²) in [6.45, 7) is 0. The van der Waals surface area contributed by atoms with Gasteiger partial charge in [0, 0.05) is 16.8 Å². The minimum Gasteiger partial charge on any atom is -0.326 e. The summed E-state index contributed by atoms with van der Waals surface area (Å²) in [5.74, 6) is 0. The van der Waals surface area contributed by atoms with E-state index < -0.39 is 18.0 Å². The zero-order valence-corrected chi connectivity index (χ0v) is 9.57. The van der Waals surface area contributed by atoms with Crippen LogP contribution in [0.25, 0.3) is 0 Å². The van der Waals surface area contributed by atoms with Crippen molar-refractivity contribution in [1.29, 1.82) is 0 Å². The molecule has 1 aliphatic heterocycles. The molecule has 0 radical (unpaired) electrons. The molecular formula is C11H7ClF3NO2. The minimum absolute atomic E-state index is 0.126. The number of aldehydes is 1.